The Morgan fingerprint density at radius 1 is 0.892 bits per heavy atom. The fourth-order valence-electron chi connectivity index (χ4n) is 11.7. The monoisotopic (exact) mass is 501 g/mol. The van der Waals surface area contributed by atoms with E-state index in [0.29, 0.717) is 46.6 Å². The zero-order chi connectivity index (χ0) is 26.6. The van der Waals surface area contributed by atoms with Crippen LogP contribution in [0.4, 0.5) is 0 Å². The summed E-state index contributed by atoms with van der Waals surface area (Å²) in [5.74, 6) is 2.96. The van der Waals surface area contributed by atoms with Crippen molar-refractivity contribution in [2.24, 2.45) is 56.7 Å². The van der Waals surface area contributed by atoms with E-state index in [-0.39, 0.29) is 22.2 Å². The van der Waals surface area contributed by atoms with Crippen LogP contribution in [0.25, 0.3) is 0 Å². The Hall–Kier alpha value is -1.65. The first-order valence-corrected chi connectivity index (χ1v) is 15.1. The largest absolute Gasteiger partial charge is 0.299 e. The lowest BCUT2D eigenvalue weighted by Gasteiger charge is -2.70. The molecule has 6 aliphatic rings. The minimum Gasteiger partial charge on any atom is -0.299 e. The Balaban J connectivity index is 1.45. The second-order valence-corrected chi connectivity index (χ2v) is 16.1. The van der Waals surface area contributed by atoms with Gasteiger partial charge in [-0.1, -0.05) is 47.6 Å². The van der Waals surface area contributed by atoms with Crippen LogP contribution in [0, 0.1) is 79.3 Å². The van der Waals surface area contributed by atoms with E-state index >= 15 is 0 Å². The van der Waals surface area contributed by atoms with Crippen LogP contribution < -0.4 is 5.32 Å². The summed E-state index contributed by atoms with van der Waals surface area (Å²) in [6.07, 6.45) is 14.6. The van der Waals surface area contributed by atoms with Crippen molar-refractivity contribution < 1.29 is 4.79 Å². The van der Waals surface area contributed by atoms with Crippen molar-refractivity contribution in [1.82, 2.24) is 5.32 Å². The van der Waals surface area contributed by atoms with Crippen molar-refractivity contribution in [3.63, 3.8) is 0 Å². The third kappa shape index (κ3) is 3.30. The highest BCUT2D eigenvalue weighted by molar-refractivity contribution is 6.04. The molecule has 1 N–H and O–H groups in total. The molecule has 0 heterocycles. The number of hydrogen-bond donors (Lipinski definition) is 1. The SMILES string of the molecule is CC1(C)CCC2(NCC#N)CCC3C(C2C1)C1(CC1)CC1C2(C)C=C(C#N)C(=O)C(C)(C)C2CCC31C. The van der Waals surface area contributed by atoms with E-state index in [9.17, 15) is 15.3 Å². The van der Waals surface area contributed by atoms with Gasteiger partial charge in [0, 0.05) is 11.0 Å². The van der Waals surface area contributed by atoms with E-state index in [1.807, 2.05) is 0 Å². The number of hydrogen-bond acceptors (Lipinski definition) is 4. The molecule has 1 spiro atoms. The average Bonchev–Trinajstić information content (AvgIpc) is 3.61. The van der Waals surface area contributed by atoms with Crippen LogP contribution in [-0.4, -0.2) is 17.9 Å². The number of allylic oxidation sites excluding steroid dienone is 2. The van der Waals surface area contributed by atoms with Gasteiger partial charge in [-0.3, -0.25) is 10.1 Å². The lowest BCUT2D eigenvalue weighted by molar-refractivity contribution is -0.201. The highest BCUT2D eigenvalue weighted by atomic mass is 16.1. The van der Waals surface area contributed by atoms with Crippen LogP contribution in [0.2, 0.25) is 0 Å². The van der Waals surface area contributed by atoms with E-state index in [4.69, 9.17) is 0 Å². The number of ketones is 1. The summed E-state index contributed by atoms with van der Waals surface area (Å²) < 4.78 is 0. The number of carbonyl (C=O) groups is 1. The molecule has 4 heteroatoms. The van der Waals surface area contributed by atoms with Gasteiger partial charge in [-0.15, -0.1) is 0 Å². The van der Waals surface area contributed by atoms with Crippen LogP contribution in [-0.2, 0) is 4.79 Å². The number of nitrogens with one attached hydrogen (secondary N) is 1. The fraction of sp³-hybridized carbons (Fsp3) is 0.848. The number of carbonyl (C=O) groups excluding carboxylic acids is 1. The summed E-state index contributed by atoms with van der Waals surface area (Å²) in [7, 11) is 0. The maximum atomic E-state index is 13.3. The van der Waals surface area contributed by atoms with E-state index in [0.717, 1.165) is 12.3 Å². The van der Waals surface area contributed by atoms with E-state index in [1.54, 1.807) is 0 Å². The second-order valence-electron chi connectivity index (χ2n) is 16.1. The number of Topliss-reactive ketones (excluding diaryl/α,β-unsaturated/α-hetero) is 1. The van der Waals surface area contributed by atoms with Gasteiger partial charge in [-0.25, -0.2) is 0 Å². The average molecular weight is 502 g/mol. The Morgan fingerprint density at radius 3 is 2.27 bits per heavy atom. The zero-order valence-corrected chi connectivity index (χ0v) is 24.0. The van der Waals surface area contributed by atoms with Crippen LogP contribution in [0.3, 0.4) is 0 Å². The predicted octanol–water partition coefficient (Wildman–Crippen LogP) is 6.97. The summed E-state index contributed by atoms with van der Waals surface area (Å²) in [5.41, 5.74) is 0.969. The van der Waals surface area contributed by atoms with E-state index in [1.165, 1.54) is 57.8 Å². The van der Waals surface area contributed by atoms with E-state index < -0.39 is 5.41 Å². The Labute approximate surface area is 224 Å². The maximum Gasteiger partial charge on any atom is 0.178 e. The summed E-state index contributed by atoms with van der Waals surface area (Å²) in [6, 6.07) is 4.73. The molecule has 5 fully saturated rings. The first-order valence-electron chi connectivity index (χ1n) is 15.1. The number of nitriles is 2. The van der Waals surface area contributed by atoms with Crippen molar-refractivity contribution in [3.8, 4) is 12.1 Å². The van der Waals surface area contributed by atoms with Gasteiger partial charge in [0.1, 0.15) is 6.07 Å². The highest BCUT2D eigenvalue weighted by Gasteiger charge is 2.73. The molecule has 8 unspecified atom stereocenters. The molecule has 0 saturated heterocycles. The summed E-state index contributed by atoms with van der Waals surface area (Å²) >= 11 is 0. The molecule has 200 valence electrons. The molecule has 8 atom stereocenters. The maximum absolute atomic E-state index is 13.3. The first kappa shape index (κ1) is 25.6. The number of fused-ring (bicyclic) bond motifs is 8. The van der Waals surface area contributed by atoms with Gasteiger partial charge in [-0.2, -0.15) is 10.5 Å². The molecular weight excluding hydrogens is 454 g/mol. The van der Waals surface area contributed by atoms with Gasteiger partial charge in [0.15, 0.2) is 5.78 Å². The molecule has 6 aliphatic carbocycles. The molecule has 0 bridgehead atoms. The Kier molecular flexibility index (Phi) is 5.34. The van der Waals surface area contributed by atoms with Crippen molar-refractivity contribution in [1.29, 1.82) is 10.5 Å². The summed E-state index contributed by atoms with van der Waals surface area (Å²) in [4.78, 5) is 13.3. The van der Waals surface area contributed by atoms with Gasteiger partial charge in [0.25, 0.3) is 0 Å². The van der Waals surface area contributed by atoms with Crippen molar-refractivity contribution in [2.45, 2.75) is 111 Å². The first-order chi connectivity index (χ1) is 17.3. The second kappa shape index (κ2) is 7.72. The van der Waals surface area contributed by atoms with Gasteiger partial charge >= 0.3 is 0 Å². The minimum atomic E-state index is -0.472. The van der Waals surface area contributed by atoms with Crippen molar-refractivity contribution in [2.75, 3.05) is 6.54 Å². The van der Waals surface area contributed by atoms with Gasteiger partial charge in [0.2, 0.25) is 0 Å². The quantitative estimate of drug-likeness (QED) is 0.414. The number of nitrogens with zero attached hydrogens (tertiary/aromatic N) is 2. The molecule has 0 amide bonds. The third-order valence-electron chi connectivity index (χ3n) is 13.6. The Morgan fingerprint density at radius 2 is 1.62 bits per heavy atom. The molecule has 0 aromatic rings. The molecule has 5 saturated carbocycles. The van der Waals surface area contributed by atoms with Crippen LogP contribution >= 0.6 is 0 Å². The molecule has 4 nitrogen and oxygen atoms in total. The molecule has 37 heavy (non-hydrogen) atoms. The molecule has 0 aliphatic heterocycles. The molecule has 0 aromatic heterocycles. The molecule has 0 aromatic carbocycles. The summed E-state index contributed by atoms with van der Waals surface area (Å²) in [6.45, 7) is 14.7. The highest BCUT2D eigenvalue weighted by Crippen LogP contribution is 2.78. The van der Waals surface area contributed by atoms with Crippen LogP contribution in [0.1, 0.15) is 106 Å². The Bertz CT molecular complexity index is 1130. The smallest absolute Gasteiger partial charge is 0.178 e. The minimum absolute atomic E-state index is 0.0614. The third-order valence-corrected chi connectivity index (χ3v) is 13.6. The fourth-order valence-corrected chi connectivity index (χ4v) is 11.7. The zero-order valence-electron chi connectivity index (χ0n) is 24.0. The van der Waals surface area contributed by atoms with Crippen molar-refractivity contribution >= 4 is 5.78 Å². The lowest BCUT2D eigenvalue weighted by Crippen LogP contribution is -2.68. The topological polar surface area (TPSA) is 76.7 Å². The van der Waals surface area contributed by atoms with E-state index in [2.05, 4.69) is 65.1 Å². The van der Waals surface area contributed by atoms with Crippen LogP contribution in [0.15, 0.2) is 11.6 Å². The molecular formula is C33H47N3O. The number of rotatable bonds is 2. The van der Waals surface area contributed by atoms with Gasteiger partial charge in [0.05, 0.1) is 18.2 Å². The van der Waals surface area contributed by atoms with Crippen LogP contribution in [0.5, 0.6) is 0 Å². The standard InChI is InChI=1S/C33H47N3O/c1-28(2)11-14-33(36-16-15-34)10-7-22-26(23(33)18-28)32(12-13-32)19-25-30(22,5)9-8-24-29(3,4)27(37)21(20-35)17-31(24,25)6/h17,22-26,36H,7-14,16,18-19H2,1-6H3. The normalized spacial score (nSPS) is 48.3. The predicted molar refractivity (Wildman–Crippen MR) is 145 cm³/mol. The van der Waals surface area contributed by atoms with Gasteiger partial charge < -0.3 is 0 Å². The molecule has 0 radical (unpaired) electrons. The molecule has 6 rings (SSSR count). The van der Waals surface area contributed by atoms with Crippen molar-refractivity contribution in [3.05, 3.63) is 11.6 Å². The summed E-state index contributed by atoms with van der Waals surface area (Å²) in [5, 5.41) is 23.3. The van der Waals surface area contributed by atoms with Gasteiger partial charge in [-0.05, 0) is 115 Å². The lowest BCUT2D eigenvalue weighted by atomic mass is 9.34.